The van der Waals surface area contributed by atoms with E-state index in [-0.39, 0.29) is 11.2 Å². The number of nitrogens with zero attached hydrogens (tertiary/aromatic N) is 1. The van der Waals surface area contributed by atoms with Crippen LogP contribution in [-0.4, -0.2) is 10.8 Å². The first-order chi connectivity index (χ1) is 12.5. The van der Waals surface area contributed by atoms with Crippen LogP contribution in [-0.2, 0) is 11.2 Å². The molecule has 1 aromatic carbocycles. The van der Waals surface area contributed by atoms with Crippen LogP contribution in [0.25, 0.3) is 11.1 Å². The summed E-state index contributed by atoms with van der Waals surface area (Å²) in [5.41, 5.74) is 2.73. The van der Waals surface area contributed by atoms with Crippen molar-refractivity contribution in [2.45, 2.75) is 64.7 Å². The van der Waals surface area contributed by atoms with Gasteiger partial charge in [-0.25, -0.2) is 9.37 Å². The van der Waals surface area contributed by atoms with Crippen LogP contribution in [0.15, 0.2) is 16.9 Å². The van der Waals surface area contributed by atoms with Crippen LogP contribution < -0.4 is 0 Å². The summed E-state index contributed by atoms with van der Waals surface area (Å²) in [5, 5.41) is 0. The molecule has 2 fully saturated rings. The van der Waals surface area contributed by atoms with Gasteiger partial charge in [0.15, 0.2) is 17.8 Å². The lowest BCUT2D eigenvalue weighted by atomic mass is 9.54. The summed E-state index contributed by atoms with van der Waals surface area (Å²) in [5.74, 6) is 2.08. The third-order valence-electron chi connectivity index (χ3n) is 7.77. The van der Waals surface area contributed by atoms with E-state index in [1.54, 1.807) is 0 Å². The average molecular weight is 355 g/mol. The van der Waals surface area contributed by atoms with Crippen molar-refractivity contribution in [2.75, 3.05) is 0 Å². The van der Waals surface area contributed by atoms with Gasteiger partial charge in [0.1, 0.15) is 11.3 Å². The fourth-order valence-corrected chi connectivity index (χ4v) is 6.69. The Labute approximate surface area is 153 Å². The van der Waals surface area contributed by atoms with E-state index in [0.29, 0.717) is 40.6 Å². The third kappa shape index (κ3) is 2.04. The second-order valence-electron chi connectivity index (χ2n) is 8.93. The number of oxazole rings is 1. The summed E-state index contributed by atoms with van der Waals surface area (Å²) in [6, 6.07) is 2.06. The average Bonchev–Trinajstić information content (AvgIpc) is 3.18. The summed E-state index contributed by atoms with van der Waals surface area (Å²) in [6.45, 7) is 4.43. The molecule has 0 N–H and O–H groups in total. The van der Waals surface area contributed by atoms with Gasteiger partial charge in [0.2, 0.25) is 0 Å². The smallest absolute Gasteiger partial charge is 0.190 e. The molecule has 0 radical (unpaired) electrons. The fraction of sp³-hybridized carbons (Fsp3) is 0.636. The lowest BCUT2D eigenvalue weighted by Gasteiger charge is -2.50. The van der Waals surface area contributed by atoms with Gasteiger partial charge in [-0.15, -0.1) is 0 Å². The van der Waals surface area contributed by atoms with Gasteiger partial charge >= 0.3 is 0 Å². The van der Waals surface area contributed by atoms with Gasteiger partial charge in [-0.3, -0.25) is 4.79 Å². The zero-order chi connectivity index (χ0) is 18.1. The predicted molar refractivity (Wildman–Crippen MR) is 97.4 cm³/mol. The molecule has 5 rings (SSSR count). The quantitative estimate of drug-likeness (QED) is 0.722. The SMILES string of the molecule is CCCC1CC(=O)C2(C)CCC3c4cc5ncoc5c(F)c4CCC3C12. The highest BCUT2D eigenvalue weighted by molar-refractivity contribution is 5.87. The van der Waals surface area contributed by atoms with Gasteiger partial charge in [0.05, 0.1) is 0 Å². The van der Waals surface area contributed by atoms with Gasteiger partial charge in [0, 0.05) is 11.8 Å². The number of rotatable bonds is 2. The van der Waals surface area contributed by atoms with Crippen molar-refractivity contribution in [2.24, 2.45) is 23.2 Å². The molecule has 4 heteroatoms. The van der Waals surface area contributed by atoms with Crippen molar-refractivity contribution in [3.05, 3.63) is 29.4 Å². The van der Waals surface area contributed by atoms with Crippen molar-refractivity contribution in [3.63, 3.8) is 0 Å². The molecule has 2 saturated carbocycles. The Balaban J connectivity index is 1.60. The van der Waals surface area contributed by atoms with Crippen molar-refractivity contribution in [1.29, 1.82) is 0 Å². The van der Waals surface area contributed by atoms with Gasteiger partial charge in [-0.1, -0.05) is 20.3 Å². The van der Waals surface area contributed by atoms with Crippen LogP contribution in [0.1, 0.15) is 69.4 Å². The van der Waals surface area contributed by atoms with Crippen LogP contribution in [0.5, 0.6) is 0 Å². The Morgan fingerprint density at radius 3 is 3.04 bits per heavy atom. The van der Waals surface area contributed by atoms with Crippen molar-refractivity contribution in [3.8, 4) is 0 Å². The minimum absolute atomic E-state index is 0.158. The molecule has 0 bridgehead atoms. The molecule has 0 aliphatic heterocycles. The Morgan fingerprint density at radius 1 is 1.38 bits per heavy atom. The summed E-state index contributed by atoms with van der Waals surface area (Å²) in [7, 11) is 0. The second kappa shape index (κ2) is 5.64. The number of fused-ring (bicyclic) bond motifs is 6. The first-order valence-corrected chi connectivity index (χ1v) is 10.1. The summed E-state index contributed by atoms with van der Waals surface area (Å²) >= 11 is 0. The van der Waals surface area contributed by atoms with Crippen molar-refractivity contribution >= 4 is 16.9 Å². The molecule has 0 saturated heterocycles. The van der Waals surface area contributed by atoms with E-state index in [4.69, 9.17) is 4.42 Å². The van der Waals surface area contributed by atoms with E-state index in [1.165, 1.54) is 6.39 Å². The third-order valence-corrected chi connectivity index (χ3v) is 7.77. The maximum Gasteiger partial charge on any atom is 0.190 e. The van der Waals surface area contributed by atoms with E-state index in [0.717, 1.165) is 56.1 Å². The number of benzene rings is 1. The largest absolute Gasteiger partial charge is 0.440 e. The first kappa shape index (κ1) is 16.5. The zero-order valence-electron chi connectivity index (χ0n) is 15.6. The summed E-state index contributed by atoms with van der Waals surface area (Å²) < 4.78 is 20.2. The maximum atomic E-state index is 15.0. The highest BCUT2D eigenvalue weighted by atomic mass is 19.1. The summed E-state index contributed by atoms with van der Waals surface area (Å²) in [6.07, 6.45) is 8.02. The first-order valence-electron chi connectivity index (χ1n) is 10.1. The fourth-order valence-electron chi connectivity index (χ4n) is 6.69. The molecule has 5 atom stereocenters. The lowest BCUT2D eigenvalue weighted by molar-refractivity contribution is -0.129. The molecule has 0 spiro atoms. The van der Waals surface area contributed by atoms with Gasteiger partial charge in [-0.05, 0) is 73.0 Å². The second-order valence-corrected chi connectivity index (χ2v) is 8.93. The molecule has 5 unspecified atom stereocenters. The number of hydrogen-bond acceptors (Lipinski definition) is 3. The van der Waals surface area contributed by atoms with Crippen LogP contribution in [0.4, 0.5) is 4.39 Å². The number of Topliss-reactive ketones (excluding diaryl/α,β-unsaturated/α-hetero) is 1. The predicted octanol–water partition coefficient (Wildman–Crippen LogP) is 5.42. The minimum Gasteiger partial charge on any atom is -0.440 e. The Morgan fingerprint density at radius 2 is 2.23 bits per heavy atom. The normalized spacial score (nSPS) is 36.0. The number of aromatic nitrogens is 1. The van der Waals surface area contributed by atoms with E-state index >= 15 is 0 Å². The van der Waals surface area contributed by atoms with Crippen molar-refractivity contribution in [1.82, 2.24) is 4.98 Å². The molecule has 3 aliphatic rings. The molecule has 138 valence electrons. The zero-order valence-corrected chi connectivity index (χ0v) is 15.6. The molecule has 26 heavy (non-hydrogen) atoms. The molecule has 2 aromatic rings. The standard InChI is InChI=1S/C22H26FNO2/c1-3-4-12-9-18(25)22(2)8-7-13-14(19(12)22)5-6-15-16(13)10-17-21(20(15)23)26-11-24-17/h10-14,19H,3-9H2,1-2H3. The van der Waals surface area contributed by atoms with Gasteiger partial charge in [0.25, 0.3) is 0 Å². The lowest BCUT2D eigenvalue weighted by Crippen LogP contribution is -2.44. The van der Waals surface area contributed by atoms with Crippen LogP contribution in [0.2, 0.25) is 0 Å². The number of halogens is 1. The van der Waals surface area contributed by atoms with E-state index in [1.807, 2.05) is 0 Å². The Bertz CT molecular complexity index is 888. The Hall–Kier alpha value is -1.71. The maximum absolute atomic E-state index is 15.0. The van der Waals surface area contributed by atoms with E-state index in [2.05, 4.69) is 24.9 Å². The molecule has 3 aliphatic carbocycles. The molecule has 1 aromatic heterocycles. The highest BCUT2D eigenvalue weighted by Crippen LogP contribution is 2.62. The summed E-state index contributed by atoms with van der Waals surface area (Å²) in [4.78, 5) is 17.0. The molecular weight excluding hydrogens is 329 g/mol. The van der Waals surface area contributed by atoms with Crippen LogP contribution in [0.3, 0.4) is 0 Å². The van der Waals surface area contributed by atoms with Crippen LogP contribution in [0, 0.1) is 29.0 Å². The number of hydrogen-bond donors (Lipinski definition) is 0. The molecule has 0 amide bonds. The van der Waals surface area contributed by atoms with E-state index in [9.17, 15) is 9.18 Å². The van der Waals surface area contributed by atoms with Crippen LogP contribution >= 0.6 is 0 Å². The minimum atomic E-state index is -0.214. The van der Waals surface area contributed by atoms with E-state index < -0.39 is 0 Å². The molecular formula is C22H26FNO2. The Kier molecular flexibility index (Phi) is 3.57. The monoisotopic (exact) mass is 355 g/mol. The van der Waals surface area contributed by atoms with Gasteiger partial charge in [-0.2, -0.15) is 0 Å². The number of carbonyl (C=O) groups is 1. The number of ketones is 1. The molecule has 1 heterocycles. The highest BCUT2D eigenvalue weighted by Gasteiger charge is 2.58. The molecule has 3 nitrogen and oxygen atoms in total. The topological polar surface area (TPSA) is 43.1 Å². The van der Waals surface area contributed by atoms with Gasteiger partial charge < -0.3 is 4.42 Å². The number of carbonyl (C=O) groups excluding carboxylic acids is 1. The van der Waals surface area contributed by atoms with Crippen molar-refractivity contribution < 1.29 is 13.6 Å².